The molecule has 0 aliphatic carbocycles. The molecule has 0 radical (unpaired) electrons. The fourth-order valence-corrected chi connectivity index (χ4v) is 2.92. The first-order chi connectivity index (χ1) is 13.7. The molecule has 142 valence electrons. The molecule has 2 aromatic carbocycles. The van der Waals surface area contributed by atoms with E-state index in [1.54, 1.807) is 18.2 Å². The third kappa shape index (κ3) is 4.82. The summed E-state index contributed by atoms with van der Waals surface area (Å²) in [6.07, 6.45) is 3.23. The minimum Gasteiger partial charge on any atom is -0.438 e. The quantitative estimate of drug-likeness (QED) is 0.333. The van der Waals surface area contributed by atoms with Crippen LogP contribution < -0.4 is 0 Å². The standard InChI is InChI=1S/C23H21NO4/c1-27-23(26)28-16-8-7-12-19(22(25)18-10-3-2-4-11-18)21-15-14-17-9-5-6-13-20(17)24-21/h2-11,13-15,19H,12,16H2,1H3/b8-7+. The van der Waals surface area contributed by atoms with Gasteiger partial charge in [0.15, 0.2) is 5.78 Å². The lowest BCUT2D eigenvalue weighted by Crippen LogP contribution is -2.14. The smallest absolute Gasteiger partial charge is 0.438 e. The maximum atomic E-state index is 13.1. The maximum absolute atomic E-state index is 13.1. The molecule has 3 aromatic rings. The molecule has 1 unspecified atom stereocenters. The van der Waals surface area contributed by atoms with Crippen LogP contribution in [0.3, 0.4) is 0 Å². The number of allylic oxidation sites excluding steroid dienone is 1. The number of rotatable bonds is 7. The number of ketones is 1. The Kier molecular flexibility index (Phi) is 6.52. The van der Waals surface area contributed by atoms with Gasteiger partial charge in [0.05, 0.1) is 24.2 Å². The largest absolute Gasteiger partial charge is 0.508 e. The monoisotopic (exact) mass is 375 g/mol. The van der Waals surface area contributed by atoms with Gasteiger partial charge in [-0.25, -0.2) is 4.79 Å². The van der Waals surface area contributed by atoms with Crippen molar-refractivity contribution < 1.29 is 19.1 Å². The van der Waals surface area contributed by atoms with Crippen LogP contribution in [0.1, 0.15) is 28.4 Å². The number of hydrogen-bond donors (Lipinski definition) is 0. The highest BCUT2D eigenvalue weighted by Gasteiger charge is 2.22. The number of benzene rings is 2. The molecule has 5 heteroatoms. The van der Waals surface area contributed by atoms with Crippen molar-refractivity contribution in [2.24, 2.45) is 0 Å². The Morgan fingerprint density at radius 2 is 1.71 bits per heavy atom. The van der Waals surface area contributed by atoms with E-state index < -0.39 is 12.1 Å². The highest BCUT2D eigenvalue weighted by Crippen LogP contribution is 2.25. The number of fused-ring (bicyclic) bond motifs is 1. The minimum absolute atomic E-state index is 0.00178. The van der Waals surface area contributed by atoms with E-state index in [0.29, 0.717) is 17.7 Å². The van der Waals surface area contributed by atoms with Gasteiger partial charge in [0.2, 0.25) is 0 Å². The van der Waals surface area contributed by atoms with Gasteiger partial charge in [-0.05, 0) is 18.6 Å². The third-order valence-electron chi connectivity index (χ3n) is 4.35. The minimum atomic E-state index is -0.738. The van der Waals surface area contributed by atoms with Gasteiger partial charge in [-0.3, -0.25) is 9.78 Å². The van der Waals surface area contributed by atoms with Crippen LogP contribution in [-0.2, 0) is 9.47 Å². The van der Waals surface area contributed by atoms with E-state index in [1.165, 1.54) is 7.11 Å². The maximum Gasteiger partial charge on any atom is 0.508 e. The second kappa shape index (κ2) is 9.46. The second-order valence-electron chi connectivity index (χ2n) is 6.18. The van der Waals surface area contributed by atoms with Crippen molar-refractivity contribution in [3.8, 4) is 0 Å². The summed E-state index contributed by atoms with van der Waals surface area (Å²) in [6.45, 7) is 0.0874. The van der Waals surface area contributed by atoms with Crippen LogP contribution in [-0.4, -0.2) is 30.6 Å². The molecular formula is C23H21NO4. The molecule has 0 saturated carbocycles. The van der Waals surface area contributed by atoms with Gasteiger partial charge >= 0.3 is 6.16 Å². The van der Waals surface area contributed by atoms with Crippen LogP contribution in [0.5, 0.6) is 0 Å². The lowest BCUT2D eigenvalue weighted by Gasteiger charge is -2.14. The van der Waals surface area contributed by atoms with Gasteiger partial charge in [0, 0.05) is 10.9 Å². The molecule has 0 aliphatic heterocycles. The number of aromatic nitrogens is 1. The Morgan fingerprint density at radius 1 is 0.964 bits per heavy atom. The van der Waals surface area contributed by atoms with Crippen LogP contribution >= 0.6 is 0 Å². The van der Waals surface area contributed by atoms with Crippen molar-refractivity contribution in [2.75, 3.05) is 13.7 Å². The van der Waals surface area contributed by atoms with Crippen molar-refractivity contribution in [1.29, 1.82) is 0 Å². The Bertz CT molecular complexity index is 982. The number of carbonyl (C=O) groups excluding carboxylic acids is 2. The molecule has 1 heterocycles. The summed E-state index contributed by atoms with van der Waals surface area (Å²) in [7, 11) is 1.26. The molecule has 28 heavy (non-hydrogen) atoms. The van der Waals surface area contributed by atoms with E-state index in [0.717, 1.165) is 10.9 Å². The molecular weight excluding hydrogens is 354 g/mol. The number of hydrogen-bond acceptors (Lipinski definition) is 5. The summed E-state index contributed by atoms with van der Waals surface area (Å²) in [4.78, 5) is 28.8. The average Bonchev–Trinajstić information content (AvgIpc) is 2.76. The lowest BCUT2D eigenvalue weighted by atomic mass is 9.90. The summed E-state index contributed by atoms with van der Waals surface area (Å²) in [5.41, 5.74) is 2.21. The summed E-state index contributed by atoms with van der Waals surface area (Å²) >= 11 is 0. The van der Waals surface area contributed by atoms with Crippen molar-refractivity contribution in [3.63, 3.8) is 0 Å². The van der Waals surface area contributed by atoms with Gasteiger partial charge in [0.25, 0.3) is 0 Å². The van der Waals surface area contributed by atoms with Crippen molar-refractivity contribution in [2.45, 2.75) is 12.3 Å². The summed E-state index contributed by atoms with van der Waals surface area (Å²) in [6, 6.07) is 20.9. The first-order valence-electron chi connectivity index (χ1n) is 8.99. The highest BCUT2D eigenvalue weighted by molar-refractivity contribution is 6.01. The normalized spacial score (nSPS) is 12.0. The second-order valence-corrected chi connectivity index (χ2v) is 6.18. The zero-order valence-corrected chi connectivity index (χ0v) is 15.6. The fraction of sp³-hybridized carbons (Fsp3) is 0.174. The molecule has 3 rings (SSSR count). The first kappa shape index (κ1) is 19.3. The highest BCUT2D eigenvalue weighted by atomic mass is 16.7. The number of nitrogens with zero attached hydrogens (tertiary/aromatic N) is 1. The number of pyridine rings is 1. The lowest BCUT2D eigenvalue weighted by molar-refractivity contribution is 0.0816. The topological polar surface area (TPSA) is 65.5 Å². The zero-order valence-electron chi connectivity index (χ0n) is 15.6. The molecule has 5 nitrogen and oxygen atoms in total. The van der Waals surface area contributed by atoms with E-state index in [-0.39, 0.29) is 12.4 Å². The van der Waals surface area contributed by atoms with Gasteiger partial charge in [-0.15, -0.1) is 0 Å². The Morgan fingerprint density at radius 3 is 2.50 bits per heavy atom. The number of carbonyl (C=O) groups is 2. The molecule has 1 atom stereocenters. The van der Waals surface area contributed by atoms with Gasteiger partial charge in [-0.2, -0.15) is 0 Å². The number of methoxy groups -OCH3 is 1. The Hall–Kier alpha value is -3.47. The average molecular weight is 375 g/mol. The Balaban J connectivity index is 1.84. The van der Waals surface area contributed by atoms with Crippen LogP contribution in [0.15, 0.2) is 78.9 Å². The molecule has 0 fully saturated rings. The molecule has 0 spiro atoms. The molecule has 0 bridgehead atoms. The first-order valence-corrected chi connectivity index (χ1v) is 8.99. The van der Waals surface area contributed by atoms with E-state index >= 15 is 0 Å². The summed E-state index contributed by atoms with van der Waals surface area (Å²) < 4.78 is 9.26. The summed E-state index contributed by atoms with van der Waals surface area (Å²) in [5, 5.41) is 1.03. The van der Waals surface area contributed by atoms with Crippen LogP contribution in [0.2, 0.25) is 0 Å². The molecule has 0 aliphatic rings. The van der Waals surface area contributed by atoms with E-state index in [2.05, 4.69) is 4.74 Å². The Labute approximate surface area is 163 Å². The third-order valence-corrected chi connectivity index (χ3v) is 4.35. The predicted octanol–water partition coefficient (Wildman–Crippen LogP) is 4.93. The van der Waals surface area contributed by atoms with E-state index in [9.17, 15) is 9.59 Å². The number of ether oxygens (including phenoxy) is 2. The van der Waals surface area contributed by atoms with Crippen molar-refractivity contribution in [3.05, 3.63) is 90.1 Å². The predicted molar refractivity (Wildman–Crippen MR) is 107 cm³/mol. The molecule has 0 N–H and O–H groups in total. The van der Waals surface area contributed by atoms with Gasteiger partial charge < -0.3 is 9.47 Å². The van der Waals surface area contributed by atoms with Crippen molar-refractivity contribution >= 4 is 22.8 Å². The molecule has 0 amide bonds. The van der Waals surface area contributed by atoms with Crippen LogP contribution in [0, 0.1) is 0 Å². The van der Waals surface area contributed by atoms with Gasteiger partial charge in [0.1, 0.15) is 6.61 Å². The van der Waals surface area contributed by atoms with Crippen molar-refractivity contribution in [1.82, 2.24) is 4.98 Å². The zero-order chi connectivity index (χ0) is 19.8. The van der Waals surface area contributed by atoms with Gasteiger partial charge in [-0.1, -0.05) is 66.7 Å². The van der Waals surface area contributed by atoms with E-state index in [4.69, 9.17) is 9.72 Å². The van der Waals surface area contributed by atoms with Crippen LogP contribution in [0.25, 0.3) is 10.9 Å². The van der Waals surface area contributed by atoms with Crippen LogP contribution in [0.4, 0.5) is 4.79 Å². The number of para-hydroxylation sites is 1. The molecule has 0 saturated heterocycles. The number of Topliss-reactive ketones (excluding diaryl/α,β-unsaturated/α-hetero) is 1. The SMILES string of the molecule is COC(=O)OC/C=C/CC(C(=O)c1ccccc1)c1ccc2ccccc2n1. The van der Waals surface area contributed by atoms with E-state index in [1.807, 2.05) is 60.7 Å². The molecule has 1 aromatic heterocycles. The fourth-order valence-electron chi connectivity index (χ4n) is 2.92. The summed E-state index contributed by atoms with van der Waals surface area (Å²) in [5.74, 6) is -0.427.